The molecule has 0 aliphatic rings. The summed E-state index contributed by atoms with van der Waals surface area (Å²) in [5.41, 5.74) is 0. The number of unbranched alkanes of at least 4 members (excludes halogenated alkanes) is 2. The van der Waals surface area contributed by atoms with Gasteiger partial charge in [0.05, 0.1) is 0 Å². The molecule has 0 aliphatic heterocycles. The Kier molecular flexibility index (Phi) is 12.5. The van der Waals surface area contributed by atoms with Crippen LogP contribution in [-0.4, -0.2) is 49.3 Å². The van der Waals surface area contributed by atoms with Crippen LogP contribution >= 0.6 is 0 Å². The third kappa shape index (κ3) is 7.02. The molecule has 0 amide bonds. The van der Waals surface area contributed by atoms with Crippen LogP contribution in [0.25, 0.3) is 0 Å². The van der Waals surface area contributed by atoms with Crippen molar-refractivity contribution in [2.75, 3.05) is 26.8 Å². The van der Waals surface area contributed by atoms with E-state index in [0.717, 1.165) is 39.0 Å². The summed E-state index contributed by atoms with van der Waals surface area (Å²) in [5, 5.41) is 4.62. The summed E-state index contributed by atoms with van der Waals surface area (Å²) in [6, 6.07) is 0. The Hall–Kier alpha value is -0.160. The second kappa shape index (κ2) is 12.6. The third-order valence-electron chi connectivity index (χ3n) is 3.59. The molecule has 0 N–H and O–H groups in total. The average Bonchev–Trinajstić information content (AvgIpc) is 2.45. The van der Waals surface area contributed by atoms with Crippen LogP contribution < -0.4 is 0 Å². The van der Waals surface area contributed by atoms with Crippen molar-refractivity contribution in [3.63, 3.8) is 0 Å². The predicted octanol–water partition coefficient (Wildman–Crippen LogP) is 3.87. The number of nitrogens with zero attached hydrogens (tertiary/aromatic N) is 2. The van der Waals surface area contributed by atoms with Gasteiger partial charge < -0.3 is 9.47 Å². The molecule has 2 atom stereocenters. The molecule has 4 heteroatoms. The van der Waals surface area contributed by atoms with Gasteiger partial charge in [-0.15, -0.1) is 0 Å². The molecule has 0 bridgehead atoms. The second-order valence-electron chi connectivity index (χ2n) is 5.19. The second-order valence-corrected chi connectivity index (χ2v) is 5.19. The van der Waals surface area contributed by atoms with Gasteiger partial charge in [0.25, 0.3) is 0 Å². The van der Waals surface area contributed by atoms with Crippen molar-refractivity contribution in [2.45, 2.75) is 79.2 Å². The van der Waals surface area contributed by atoms with E-state index >= 15 is 0 Å². The fourth-order valence-corrected chi connectivity index (χ4v) is 2.51. The van der Waals surface area contributed by atoms with E-state index < -0.39 is 0 Å². The van der Waals surface area contributed by atoms with E-state index in [9.17, 15) is 0 Å². The van der Waals surface area contributed by atoms with Gasteiger partial charge in [-0.3, -0.25) is 0 Å². The minimum Gasteiger partial charge on any atom is -0.365 e. The highest BCUT2D eigenvalue weighted by molar-refractivity contribution is 4.63. The predicted molar refractivity (Wildman–Crippen MR) is 85.4 cm³/mol. The maximum atomic E-state index is 5.99. The Bertz CT molecular complexity index is 211. The van der Waals surface area contributed by atoms with Crippen LogP contribution in [0, 0.1) is 0 Å². The molecule has 20 heavy (non-hydrogen) atoms. The number of hydrazine groups is 1. The molecule has 0 fully saturated rings. The molecule has 0 aromatic carbocycles. The summed E-state index contributed by atoms with van der Waals surface area (Å²) in [6.07, 6.45) is 5.96. The van der Waals surface area contributed by atoms with E-state index in [1.54, 1.807) is 7.11 Å². The highest BCUT2D eigenvalue weighted by Gasteiger charge is 2.25. The molecule has 122 valence electrons. The number of hydrogen-bond acceptors (Lipinski definition) is 4. The maximum absolute atomic E-state index is 5.99. The van der Waals surface area contributed by atoms with Crippen molar-refractivity contribution in [1.82, 2.24) is 10.0 Å². The number of hydrogen-bond donors (Lipinski definition) is 0. The smallest absolute Gasteiger partial charge is 0.122 e. The number of ether oxygens (including phenoxy) is 2. The van der Waals surface area contributed by atoms with Crippen LogP contribution in [0.4, 0.5) is 0 Å². The van der Waals surface area contributed by atoms with E-state index in [1.807, 2.05) is 0 Å². The van der Waals surface area contributed by atoms with Crippen LogP contribution in [0.5, 0.6) is 0 Å². The molecule has 0 saturated heterocycles. The maximum Gasteiger partial charge on any atom is 0.122 e. The van der Waals surface area contributed by atoms with Crippen molar-refractivity contribution in [1.29, 1.82) is 0 Å². The molecular weight excluding hydrogens is 252 g/mol. The summed E-state index contributed by atoms with van der Waals surface area (Å²) >= 11 is 0. The standard InChI is InChI=1S/C16H36N2O2/c1-7-11-12-14-20-15(5)17(10-4)18(13-8-2)16(9-3)19-6/h15-16H,7-14H2,1-6H3. The lowest BCUT2D eigenvalue weighted by atomic mass is 10.3. The molecule has 2 unspecified atom stereocenters. The lowest BCUT2D eigenvalue weighted by molar-refractivity contribution is -0.219. The van der Waals surface area contributed by atoms with E-state index in [2.05, 4.69) is 44.6 Å². The van der Waals surface area contributed by atoms with Gasteiger partial charge in [0.15, 0.2) is 0 Å². The summed E-state index contributed by atoms with van der Waals surface area (Å²) in [7, 11) is 1.79. The van der Waals surface area contributed by atoms with E-state index in [4.69, 9.17) is 9.47 Å². The Morgan fingerprint density at radius 3 is 2.10 bits per heavy atom. The first-order valence-corrected chi connectivity index (χ1v) is 8.33. The third-order valence-corrected chi connectivity index (χ3v) is 3.59. The van der Waals surface area contributed by atoms with Crippen LogP contribution in [0.3, 0.4) is 0 Å². The first kappa shape index (κ1) is 19.8. The zero-order chi connectivity index (χ0) is 15.4. The van der Waals surface area contributed by atoms with Crippen molar-refractivity contribution in [3.05, 3.63) is 0 Å². The lowest BCUT2D eigenvalue weighted by Gasteiger charge is -2.41. The normalized spacial score (nSPS) is 15.0. The highest BCUT2D eigenvalue weighted by Crippen LogP contribution is 2.14. The lowest BCUT2D eigenvalue weighted by Crippen LogP contribution is -2.54. The fourth-order valence-electron chi connectivity index (χ4n) is 2.51. The van der Waals surface area contributed by atoms with Gasteiger partial charge in [-0.2, -0.15) is 0 Å². The molecule has 0 aliphatic carbocycles. The van der Waals surface area contributed by atoms with Gasteiger partial charge in [0.2, 0.25) is 0 Å². The fraction of sp³-hybridized carbons (Fsp3) is 1.00. The molecule has 0 heterocycles. The Labute approximate surface area is 126 Å². The summed E-state index contributed by atoms with van der Waals surface area (Å²) in [4.78, 5) is 0. The van der Waals surface area contributed by atoms with Gasteiger partial charge in [-0.25, -0.2) is 10.0 Å². The summed E-state index contributed by atoms with van der Waals surface area (Å²) < 4.78 is 11.6. The Balaban J connectivity index is 4.53. The van der Waals surface area contributed by atoms with Crippen LogP contribution in [0.2, 0.25) is 0 Å². The van der Waals surface area contributed by atoms with Crippen LogP contribution in [0.15, 0.2) is 0 Å². The van der Waals surface area contributed by atoms with Gasteiger partial charge in [-0.1, -0.05) is 40.5 Å². The summed E-state index contributed by atoms with van der Waals surface area (Å²) in [6.45, 7) is 13.7. The van der Waals surface area contributed by atoms with Gasteiger partial charge in [-0.05, 0) is 26.2 Å². The molecule has 0 rings (SSSR count). The molecular formula is C16H36N2O2. The minimum absolute atomic E-state index is 0.104. The monoisotopic (exact) mass is 288 g/mol. The molecule has 0 radical (unpaired) electrons. The minimum atomic E-state index is 0.104. The molecule has 0 aromatic heterocycles. The Morgan fingerprint density at radius 1 is 0.950 bits per heavy atom. The largest absolute Gasteiger partial charge is 0.365 e. The quantitative estimate of drug-likeness (QED) is 0.292. The van der Waals surface area contributed by atoms with Crippen molar-refractivity contribution in [2.24, 2.45) is 0 Å². The number of rotatable bonds is 13. The van der Waals surface area contributed by atoms with Crippen molar-refractivity contribution in [3.8, 4) is 0 Å². The number of methoxy groups -OCH3 is 1. The SMILES string of the molecule is CCCCCOC(C)N(CC)N(CCC)C(CC)OC. The van der Waals surface area contributed by atoms with E-state index in [-0.39, 0.29) is 12.5 Å². The van der Waals surface area contributed by atoms with Crippen molar-refractivity contribution < 1.29 is 9.47 Å². The highest BCUT2D eigenvalue weighted by atomic mass is 16.5. The van der Waals surface area contributed by atoms with Gasteiger partial charge >= 0.3 is 0 Å². The van der Waals surface area contributed by atoms with Crippen molar-refractivity contribution >= 4 is 0 Å². The zero-order valence-corrected chi connectivity index (χ0v) is 14.5. The Morgan fingerprint density at radius 2 is 1.65 bits per heavy atom. The zero-order valence-electron chi connectivity index (χ0n) is 14.5. The van der Waals surface area contributed by atoms with Crippen LogP contribution in [-0.2, 0) is 9.47 Å². The average molecular weight is 288 g/mol. The molecule has 0 saturated carbocycles. The summed E-state index contributed by atoms with van der Waals surface area (Å²) in [5.74, 6) is 0. The van der Waals surface area contributed by atoms with Crippen LogP contribution in [0.1, 0.15) is 66.7 Å². The van der Waals surface area contributed by atoms with E-state index in [0.29, 0.717) is 0 Å². The van der Waals surface area contributed by atoms with Gasteiger partial charge in [0, 0.05) is 26.8 Å². The first-order valence-electron chi connectivity index (χ1n) is 8.33. The topological polar surface area (TPSA) is 24.9 Å². The first-order chi connectivity index (χ1) is 9.65. The molecule has 0 spiro atoms. The van der Waals surface area contributed by atoms with E-state index in [1.165, 1.54) is 12.8 Å². The molecule has 4 nitrogen and oxygen atoms in total. The van der Waals surface area contributed by atoms with Gasteiger partial charge in [0.1, 0.15) is 12.5 Å². The molecule has 0 aromatic rings.